The molecule has 1 aliphatic carbocycles. The highest BCUT2D eigenvalue weighted by atomic mass is 16.7. The summed E-state index contributed by atoms with van der Waals surface area (Å²) in [5.41, 5.74) is 4.34. The number of hydrogen-bond acceptors (Lipinski definition) is 6. The normalized spacial score (nSPS) is 27.0. The maximum Gasteiger partial charge on any atom is 0.187 e. The molecule has 2 aliphatic rings. The highest BCUT2D eigenvalue weighted by molar-refractivity contribution is 5.16. The average Bonchev–Trinajstić information content (AvgIpc) is 3.14. The van der Waals surface area contributed by atoms with Gasteiger partial charge in [0.2, 0.25) is 0 Å². The van der Waals surface area contributed by atoms with E-state index in [1.165, 1.54) is 6.42 Å². The Morgan fingerprint density at radius 3 is 1.54 bits per heavy atom. The molecule has 0 amide bonds. The van der Waals surface area contributed by atoms with Crippen LogP contribution in [0.3, 0.4) is 0 Å². The molecular formula is C44H54O6. The Hall–Kier alpha value is -3.36. The zero-order chi connectivity index (χ0) is 34.5. The second kappa shape index (κ2) is 18.8. The summed E-state index contributed by atoms with van der Waals surface area (Å²) < 4.78 is 41.1. The van der Waals surface area contributed by atoms with Crippen molar-refractivity contribution in [1.29, 1.82) is 0 Å². The van der Waals surface area contributed by atoms with Gasteiger partial charge in [-0.25, -0.2) is 0 Å². The number of rotatable bonds is 16. The van der Waals surface area contributed by atoms with E-state index in [9.17, 15) is 0 Å². The molecule has 0 radical (unpaired) electrons. The van der Waals surface area contributed by atoms with Crippen LogP contribution in [0.1, 0.15) is 62.3 Å². The third-order valence-electron chi connectivity index (χ3n) is 10.1. The zero-order valence-corrected chi connectivity index (χ0v) is 29.8. The van der Waals surface area contributed by atoms with Gasteiger partial charge in [-0.2, -0.15) is 0 Å². The van der Waals surface area contributed by atoms with Crippen LogP contribution in [0.5, 0.6) is 0 Å². The fraction of sp³-hybridized carbons (Fsp3) is 0.455. The maximum absolute atomic E-state index is 7.13. The molecule has 4 aromatic carbocycles. The van der Waals surface area contributed by atoms with Crippen LogP contribution in [0.25, 0.3) is 0 Å². The van der Waals surface area contributed by atoms with E-state index in [0.29, 0.717) is 50.8 Å². The van der Waals surface area contributed by atoms with Gasteiger partial charge in [0.05, 0.1) is 39.1 Å². The van der Waals surface area contributed by atoms with Crippen LogP contribution >= 0.6 is 0 Å². The van der Waals surface area contributed by atoms with Crippen molar-refractivity contribution >= 4 is 0 Å². The van der Waals surface area contributed by atoms with E-state index < -0.39 is 30.7 Å². The Morgan fingerprint density at radius 1 is 0.580 bits per heavy atom. The van der Waals surface area contributed by atoms with Crippen molar-refractivity contribution in [3.8, 4) is 0 Å². The van der Waals surface area contributed by atoms with Crippen LogP contribution in [-0.4, -0.2) is 43.4 Å². The van der Waals surface area contributed by atoms with Gasteiger partial charge in [0.15, 0.2) is 6.29 Å². The smallest absolute Gasteiger partial charge is 0.187 e. The molecule has 0 N–H and O–H groups in total. The van der Waals surface area contributed by atoms with Gasteiger partial charge in [-0.05, 0) is 52.8 Å². The van der Waals surface area contributed by atoms with Gasteiger partial charge in [0.25, 0.3) is 0 Å². The predicted molar refractivity (Wildman–Crippen MR) is 196 cm³/mol. The van der Waals surface area contributed by atoms with Gasteiger partial charge < -0.3 is 28.4 Å². The summed E-state index contributed by atoms with van der Waals surface area (Å²) in [4.78, 5) is 0. The standard InChI is InChI=1S/C44H54O6/c1-32(2)38-25-24-33(3)26-39(38)49-44-43(48-30-37-22-14-7-15-23-37)42(47-29-36-20-12-6-13-21-36)41(46-28-35-18-10-5-11-19-35)40(50-44)31-45-27-34-16-8-4-9-17-34/h4-23,32-33,38-44H,24-31H2,1-3H3/t33-,38+,39-,40+,41+,42-,43-,44+/m0/s1. The molecule has 2 fully saturated rings. The van der Waals surface area contributed by atoms with Gasteiger partial charge in [-0.3, -0.25) is 0 Å². The number of ether oxygens (including phenoxy) is 6. The summed E-state index contributed by atoms with van der Waals surface area (Å²) in [6, 6.07) is 41.0. The third kappa shape index (κ3) is 10.3. The van der Waals surface area contributed by atoms with Crippen LogP contribution in [-0.2, 0) is 54.8 Å². The molecule has 0 bridgehead atoms. The average molecular weight is 679 g/mol. The van der Waals surface area contributed by atoms with Crippen molar-refractivity contribution in [1.82, 2.24) is 0 Å². The molecule has 1 aliphatic heterocycles. The molecule has 0 aromatic heterocycles. The highest BCUT2D eigenvalue weighted by Crippen LogP contribution is 2.39. The van der Waals surface area contributed by atoms with Gasteiger partial charge >= 0.3 is 0 Å². The molecule has 1 heterocycles. The first kappa shape index (κ1) is 36.4. The lowest BCUT2D eigenvalue weighted by Gasteiger charge is -2.48. The molecule has 6 heteroatoms. The molecule has 1 saturated heterocycles. The summed E-state index contributed by atoms with van der Waals surface area (Å²) in [7, 11) is 0. The third-order valence-corrected chi connectivity index (χ3v) is 10.1. The summed E-state index contributed by atoms with van der Waals surface area (Å²) in [5.74, 6) is 1.52. The summed E-state index contributed by atoms with van der Waals surface area (Å²) >= 11 is 0. The van der Waals surface area contributed by atoms with E-state index in [2.05, 4.69) is 69.3 Å². The van der Waals surface area contributed by atoms with Crippen molar-refractivity contribution in [3.05, 3.63) is 144 Å². The second-order valence-electron chi connectivity index (χ2n) is 14.3. The minimum absolute atomic E-state index is 0.0500. The molecule has 0 unspecified atom stereocenters. The van der Waals surface area contributed by atoms with Crippen LogP contribution in [0.2, 0.25) is 0 Å². The minimum Gasteiger partial charge on any atom is -0.374 e. The monoisotopic (exact) mass is 678 g/mol. The first-order valence-electron chi connectivity index (χ1n) is 18.4. The van der Waals surface area contributed by atoms with Crippen LogP contribution in [0.4, 0.5) is 0 Å². The van der Waals surface area contributed by atoms with Crippen molar-refractivity contribution in [2.75, 3.05) is 6.61 Å². The Labute approximate surface area is 299 Å². The lowest BCUT2D eigenvalue weighted by molar-refractivity contribution is -0.341. The molecule has 0 spiro atoms. The lowest BCUT2D eigenvalue weighted by Crippen LogP contribution is -2.62. The predicted octanol–water partition coefficient (Wildman–Crippen LogP) is 9.16. The summed E-state index contributed by atoms with van der Waals surface area (Å²) in [6.07, 6.45) is 0.756. The van der Waals surface area contributed by atoms with E-state index in [1.54, 1.807) is 0 Å². The Balaban J connectivity index is 1.33. The topological polar surface area (TPSA) is 55.4 Å². The maximum atomic E-state index is 7.13. The Kier molecular flexibility index (Phi) is 13.7. The van der Waals surface area contributed by atoms with E-state index in [-0.39, 0.29) is 6.10 Å². The fourth-order valence-electron chi connectivity index (χ4n) is 7.30. The van der Waals surface area contributed by atoms with E-state index in [4.69, 9.17) is 28.4 Å². The van der Waals surface area contributed by atoms with Crippen molar-refractivity contribution in [2.45, 2.75) is 103 Å². The highest BCUT2D eigenvalue weighted by Gasteiger charge is 2.50. The van der Waals surface area contributed by atoms with Crippen LogP contribution in [0, 0.1) is 17.8 Å². The molecule has 4 aromatic rings. The Bertz CT molecular complexity index is 1500. The van der Waals surface area contributed by atoms with Crippen LogP contribution < -0.4 is 0 Å². The lowest BCUT2D eigenvalue weighted by atomic mass is 9.75. The fourth-order valence-corrected chi connectivity index (χ4v) is 7.30. The van der Waals surface area contributed by atoms with Crippen molar-refractivity contribution in [3.63, 3.8) is 0 Å². The van der Waals surface area contributed by atoms with Gasteiger partial charge in [-0.15, -0.1) is 0 Å². The molecule has 6 rings (SSSR count). The number of benzene rings is 4. The molecule has 1 saturated carbocycles. The van der Waals surface area contributed by atoms with Gasteiger partial charge in [0, 0.05) is 0 Å². The summed E-state index contributed by atoms with van der Waals surface area (Å²) in [6.45, 7) is 8.94. The first-order valence-corrected chi connectivity index (χ1v) is 18.4. The molecule has 6 nitrogen and oxygen atoms in total. The van der Waals surface area contributed by atoms with E-state index in [0.717, 1.165) is 35.1 Å². The van der Waals surface area contributed by atoms with Crippen molar-refractivity contribution < 1.29 is 28.4 Å². The largest absolute Gasteiger partial charge is 0.374 e. The van der Waals surface area contributed by atoms with Gasteiger partial charge in [0.1, 0.15) is 24.4 Å². The zero-order valence-electron chi connectivity index (χ0n) is 29.8. The molecule has 8 atom stereocenters. The molecule has 266 valence electrons. The summed E-state index contributed by atoms with van der Waals surface area (Å²) in [5, 5.41) is 0. The van der Waals surface area contributed by atoms with E-state index >= 15 is 0 Å². The SMILES string of the molecule is CC(C)[C@H]1CC[C@H](C)C[C@@H]1O[C@@H]1O[C@H](COCc2ccccc2)[C@@H](OCc2ccccc2)[C@H](OCc2ccccc2)[C@@H]1OCc1ccccc1. The first-order chi connectivity index (χ1) is 24.5. The second-order valence-corrected chi connectivity index (χ2v) is 14.3. The van der Waals surface area contributed by atoms with E-state index in [1.807, 2.05) is 72.8 Å². The van der Waals surface area contributed by atoms with Crippen LogP contribution in [0.15, 0.2) is 121 Å². The number of hydrogen-bond donors (Lipinski definition) is 0. The Morgan fingerprint density at radius 2 is 1.04 bits per heavy atom. The van der Waals surface area contributed by atoms with Crippen molar-refractivity contribution in [2.24, 2.45) is 17.8 Å². The quantitative estimate of drug-likeness (QED) is 0.118. The minimum atomic E-state index is -0.669. The molecule has 50 heavy (non-hydrogen) atoms. The molecular weight excluding hydrogens is 624 g/mol. The van der Waals surface area contributed by atoms with Gasteiger partial charge in [-0.1, -0.05) is 149 Å².